The van der Waals surface area contributed by atoms with Crippen molar-refractivity contribution in [2.75, 3.05) is 6.54 Å². The number of aromatic carboxylic acids is 1. The first kappa shape index (κ1) is 17.1. The normalized spacial score (nSPS) is 14.2. The number of fused-ring (bicyclic) bond motifs is 2. The number of aryl methyl sites for hydroxylation is 1. The van der Waals surface area contributed by atoms with E-state index in [0.717, 1.165) is 28.8 Å². The Balaban J connectivity index is 1.78. The summed E-state index contributed by atoms with van der Waals surface area (Å²) in [5, 5.41) is 9.39. The Morgan fingerprint density at radius 1 is 1.15 bits per heavy atom. The van der Waals surface area contributed by atoms with Crippen LogP contribution in [0.15, 0.2) is 65.8 Å². The third-order valence-electron chi connectivity index (χ3n) is 4.83. The van der Waals surface area contributed by atoms with Crippen molar-refractivity contribution in [3.63, 3.8) is 0 Å². The van der Waals surface area contributed by atoms with Gasteiger partial charge in [0.2, 0.25) is 0 Å². The topological polar surface area (TPSA) is 63.8 Å². The van der Waals surface area contributed by atoms with E-state index < -0.39 is 5.97 Å². The summed E-state index contributed by atoms with van der Waals surface area (Å²) >= 11 is 0. The molecule has 0 fully saturated rings. The van der Waals surface area contributed by atoms with Gasteiger partial charge in [-0.15, -0.1) is 0 Å². The second-order valence-corrected chi connectivity index (χ2v) is 6.55. The van der Waals surface area contributed by atoms with Crippen LogP contribution >= 0.6 is 0 Å². The lowest BCUT2D eigenvalue weighted by molar-refractivity contribution is 0.0697. The van der Waals surface area contributed by atoms with Gasteiger partial charge in [-0.25, -0.2) is 4.79 Å². The molecular weight excluding hydrogens is 340 g/mol. The summed E-state index contributed by atoms with van der Waals surface area (Å²) in [6.45, 7) is 1.05. The summed E-state index contributed by atoms with van der Waals surface area (Å²) in [7, 11) is 2.02. The number of hydrogen-bond donors (Lipinski definition) is 1. The molecule has 3 aromatic rings. The summed E-state index contributed by atoms with van der Waals surface area (Å²) in [6, 6.07) is 17.0. The van der Waals surface area contributed by atoms with Crippen LogP contribution in [-0.4, -0.2) is 27.9 Å². The Hall–Kier alpha value is -3.34. The average molecular weight is 360 g/mol. The largest absolute Gasteiger partial charge is 0.488 e. The zero-order valence-corrected chi connectivity index (χ0v) is 15.1. The van der Waals surface area contributed by atoms with Crippen LogP contribution < -0.4 is 4.74 Å². The molecule has 0 saturated carbocycles. The summed E-state index contributed by atoms with van der Waals surface area (Å²) in [5.41, 5.74) is 4.99. The van der Waals surface area contributed by atoms with Crippen LogP contribution in [0.2, 0.25) is 0 Å². The van der Waals surface area contributed by atoms with Crippen molar-refractivity contribution in [2.45, 2.75) is 13.0 Å². The number of aliphatic imine (C=N–C) groups is 1. The lowest BCUT2D eigenvalue weighted by Crippen LogP contribution is -2.09. The van der Waals surface area contributed by atoms with Gasteiger partial charge in [-0.1, -0.05) is 24.3 Å². The molecule has 4 rings (SSSR count). The van der Waals surface area contributed by atoms with Crippen LogP contribution in [0.5, 0.6) is 5.75 Å². The molecule has 5 heteroatoms. The lowest BCUT2D eigenvalue weighted by Gasteiger charge is -2.11. The molecule has 27 heavy (non-hydrogen) atoms. The van der Waals surface area contributed by atoms with Gasteiger partial charge in [-0.3, -0.25) is 4.99 Å². The number of benzene rings is 2. The number of hydrogen-bond acceptors (Lipinski definition) is 3. The summed E-state index contributed by atoms with van der Waals surface area (Å²) in [5.74, 6) is -0.299. The Morgan fingerprint density at radius 3 is 2.78 bits per heavy atom. The van der Waals surface area contributed by atoms with E-state index in [2.05, 4.69) is 10.6 Å². The first-order valence-electron chi connectivity index (χ1n) is 8.87. The van der Waals surface area contributed by atoms with Crippen molar-refractivity contribution in [1.29, 1.82) is 0 Å². The van der Waals surface area contributed by atoms with E-state index >= 15 is 0 Å². The van der Waals surface area contributed by atoms with Crippen LogP contribution in [0.4, 0.5) is 0 Å². The number of aromatic nitrogens is 1. The Kier molecular flexibility index (Phi) is 4.50. The van der Waals surface area contributed by atoms with Gasteiger partial charge >= 0.3 is 5.97 Å². The van der Waals surface area contributed by atoms with Gasteiger partial charge < -0.3 is 14.4 Å². The quantitative estimate of drug-likeness (QED) is 0.772. The monoisotopic (exact) mass is 360 g/mol. The minimum Gasteiger partial charge on any atom is -0.488 e. The molecule has 0 aliphatic carbocycles. The van der Waals surface area contributed by atoms with E-state index in [0.29, 0.717) is 18.9 Å². The molecule has 136 valence electrons. The highest BCUT2D eigenvalue weighted by Crippen LogP contribution is 2.30. The Labute approximate surface area is 157 Å². The minimum atomic E-state index is -0.960. The van der Waals surface area contributed by atoms with Gasteiger partial charge in [-0.05, 0) is 35.9 Å². The molecule has 2 aromatic carbocycles. The van der Waals surface area contributed by atoms with Crippen LogP contribution in [0.3, 0.4) is 0 Å². The maximum atomic E-state index is 11.4. The molecule has 0 spiro atoms. The molecule has 0 radical (unpaired) electrons. The number of nitrogens with zero attached hydrogens (tertiary/aromatic N) is 2. The van der Waals surface area contributed by atoms with Gasteiger partial charge in [-0.2, -0.15) is 0 Å². The smallest absolute Gasteiger partial charge is 0.335 e. The van der Waals surface area contributed by atoms with E-state index in [1.165, 1.54) is 5.69 Å². The maximum Gasteiger partial charge on any atom is 0.335 e. The first-order valence-corrected chi connectivity index (χ1v) is 8.87. The molecule has 0 bridgehead atoms. The van der Waals surface area contributed by atoms with Gasteiger partial charge in [0.15, 0.2) is 0 Å². The fraction of sp³-hybridized carbons (Fsp3) is 0.182. The van der Waals surface area contributed by atoms with E-state index in [9.17, 15) is 9.90 Å². The maximum absolute atomic E-state index is 11.4. The van der Waals surface area contributed by atoms with E-state index in [1.54, 1.807) is 18.2 Å². The zero-order valence-electron chi connectivity index (χ0n) is 15.1. The van der Waals surface area contributed by atoms with E-state index in [1.807, 2.05) is 43.6 Å². The van der Waals surface area contributed by atoms with Crippen molar-refractivity contribution in [1.82, 2.24) is 4.57 Å². The molecule has 1 aliphatic heterocycles. The SMILES string of the molecule is Cn1cccc1CC/N=C1\c2ccccc2COc2ccc(C(=O)O)cc21. The highest BCUT2D eigenvalue weighted by atomic mass is 16.5. The molecule has 2 heterocycles. The second-order valence-electron chi connectivity index (χ2n) is 6.55. The second kappa shape index (κ2) is 7.11. The van der Waals surface area contributed by atoms with E-state index in [4.69, 9.17) is 9.73 Å². The highest BCUT2D eigenvalue weighted by molar-refractivity contribution is 6.16. The van der Waals surface area contributed by atoms with Crippen molar-refractivity contribution < 1.29 is 14.6 Å². The number of carboxylic acids is 1. The fourth-order valence-electron chi connectivity index (χ4n) is 3.36. The number of carboxylic acid groups (broad SMARTS) is 1. The molecule has 0 amide bonds. The van der Waals surface area contributed by atoms with Crippen molar-refractivity contribution >= 4 is 11.7 Å². The fourth-order valence-corrected chi connectivity index (χ4v) is 3.36. The van der Waals surface area contributed by atoms with Gasteiger partial charge in [0.1, 0.15) is 12.4 Å². The highest BCUT2D eigenvalue weighted by Gasteiger charge is 2.21. The predicted molar refractivity (Wildman–Crippen MR) is 104 cm³/mol. The molecule has 0 atom stereocenters. The molecule has 5 nitrogen and oxygen atoms in total. The predicted octanol–water partition coefficient (Wildman–Crippen LogP) is 3.70. The summed E-state index contributed by atoms with van der Waals surface area (Å²) < 4.78 is 8.02. The minimum absolute atomic E-state index is 0.229. The third-order valence-corrected chi connectivity index (χ3v) is 4.83. The molecule has 1 aromatic heterocycles. The average Bonchev–Trinajstić information content (AvgIpc) is 3.01. The number of rotatable bonds is 4. The van der Waals surface area contributed by atoms with Crippen molar-refractivity contribution in [3.8, 4) is 5.75 Å². The first-order chi connectivity index (χ1) is 13.1. The molecule has 1 N–H and O–H groups in total. The number of carbonyl (C=O) groups is 1. The van der Waals surface area contributed by atoms with Crippen LogP contribution in [0, 0.1) is 0 Å². The standard InChI is InChI=1S/C22H20N2O3/c1-24-12-4-6-17(24)10-11-23-21-18-7-3-2-5-16(18)14-27-20-9-8-15(22(25)26)13-19(20)21/h2-9,12-13H,10-11,14H2,1H3,(H,25,26)/b23-21+. The van der Waals surface area contributed by atoms with Crippen LogP contribution in [-0.2, 0) is 20.1 Å². The van der Waals surface area contributed by atoms with Crippen molar-refractivity contribution in [3.05, 3.63) is 88.7 Å². The van der Waals surface area contributed by atoms with Crippen LogP contribution in [0.1, 0.15) is 32.7 Å². The number of ether oxygens (including phenoxy) is 1. The summed E-state index contributed by atoms with van der Waals surface area (Å²) in [6.07, 6.45) is 2.83. The van der Waals surface area contributed by atoms with Gasteiger partial charge in [0.25, 0.3) is 0 Å². The van der Waals surface area contributed by atoms with Gasteiger partial charge in [0, 0.05) is 43.0 Å². The Morgan fingerprint density at radius 2 is 2.00 bits per heavy atom. The zero-order chi connectivity index (χ0) is 18.8. The van der Waals surface area contributed by atoms with Gasteiger partial charge in [0.05, 0.1) is 11.3 Å². The van der Waals surface area contributed by atoms with E-state index in [-0.39, 0.29) is 5.56 Å². The molecular formula is C22H20N2O3. The Bertz CT molecular complexity index is 1030. The lowest BCUT2D eigenvalue weighted by atomic mass is 9.96. The molecule has 0 unspecified atom stereocenters. The molecule has 1 aliphatic rings. The summed E-state index contributed by atoms with van der Waals surface area (Å²) in [4.78, 5) is 16.3. The van der Waals surface area contributed by atoms with Crippen LogP contribution in [0.25, 0.3) is 0 Å². The van der Waals surface area contributed by atoms with Crippen molar-refractivity contribution in [2.24, 2.45) is 12.0 Å². The molecule has 0 saturated heterocycles. The third kappa shape index (κ3) is 3.36.